The van der Waals surface area contributed by atoms with E-state index in [0.717, 1.165) is 6.42 Å². The maximum Gasteiger partial charge on any atom is 0.224 e. The lowest BCUT2D eigenvalue weighted by Crippen LogP contribution is -2.57. The van der Waals surface area contributed by atoms with E-state index < -0.39 is 0 Å². The standard InChI is InChI=1S/C18H22N6O.H2/c1-18(2)14(9-15(18)25)23-16-13(10-19)11-22-17(24-16)21-8-5-12-3-6-20-7-4-12;/h3-4,6-7,11,14-15,25H,5,8-9H2,1-2H3,(H2,21,22,23,24);1H/t14-,15+;/m1./s1. The van der Waals surface area contributed by atoms with E-state index in [0.29, 0.717) is 30.3 Å². The van der Waals surface area contributed by atoms with Gasteiger partial charge < -0.3 is 15.7 Å². The molecule has 2 atom stereocenters. The Balaban J connectivity index is 0.00000243. The number of aliphatic hydroxyl groups excluding tert-OH is 1. The molecule has 0 aromatic carbocycles. The number of pyridine rings is 1. The third-order valence-electron chi connectivity index (χ3n) is 4.88. The molecular formula is C18H24N6O. The predicted molar refractivity (Wildman–Crippen MR) is 97.1 cm³/mol. The summed E-state index contributed by atoms with van der Waals surface area (Å²) in [5, 5.41) is 25.6. The molecule has 0 spiro atoms. The van der Waals surface area contributed by atoms with Crippen LogP contribution in [0, 0.1) is 16.7 Å². The minimum Gasteiger partial charge on any atom is -0.392 e. The molecule has 0 bridgehead atoms. The predicted octanol–water partition coefficient (Wildman–Crippen LogP) is 2.22. The van der Waals surface area contributed by atoms with Crippen LogP contribution < -0.4 is 10.6 Å². The second-order valence-corrected chi connectivity index (χ2v) is 6.87. The molecule has 1 saturated carbocycles. The number of nitriles is 1. The molecule has 2 aromatic rings. The number of aliphatic hydroxyl groups is 1. The number of aromatic nitrogens is 3. The van der Waals surface area contributed by atoms with E-state index in [-0.39, 0.29) is 19.0 Å². The van der Waals surface area contributed by atoms with Gasteiger partial charge in [-0.2, -0.15) is 10.2 Å². The number of rotatable bonds is 6. The van der Waals surface area contributed by atoms with E-state index in [1.54, 1.807) is 12.4 Å². The van der Waals surface area contributed by atoms with E-state index >= 15 is 0 Å². The highest BCUT2D eigenvalue weighted by molar-refractivity contribution is 5.54. The fourth-order valence-corrected chi connectivity index (χ4v) is 2.84. The molecule has 25 heavy (non-hydrogen) atoms. The van der Waals surface area contributed by atoms with Gasteiger partial charge in [0.05, 0.1) is 12.3 Å². The van der Waals surface area contributed by atoms with Crippen LogP contribution in [0.5, 0.6) is 0 Å². The van der Waals surface area contributed by atoms with Crippen LogP contribution in [0.4, 0.5) is 11.8 Å². The van der Waals surface area contributed by atoms with Crippen LogP contribution in [0.3, 0.4) is 0 Å². The summed E-state index contributed by atoms with van der Waals surface area (Å²) in [6, 6.07) is 6.13. The van der Waals surface area contributed by atoms with Gasteiger partial charge >= 0.3 is 0 Å². The molecule has 1 aliphatic carbocycles. The summed E-state index contributed by atoms with van der Waals surface area (Å²) in [4.78, 5) is 12.6. The summed E-state index contributed by atoms with van der Waals surface area (Å²) >= 11 is 0. The van der Waals surface area contributed by atoms with Crippen LogP contribution in [0.25, 0.3) is 0 Å². The highest BCUT2D eigenvalue weighted by Gasteiger charge is 2.47. The molecule has 0 unspecified atom stereocenters. The molecule has 1 fully saturated rings. The van der Waals surface area contributed by atoms with Gasteiger partial charge in [-0.1, -0.05) is 13.8 Å². The van der Waals surface area contributed by atoms with Crippen LogP contribution in [0.1, 0.15) is 32.8 Å². The highest BCUT2D eigenvalue weighted by atomic mass is 16.3. The largest absolute Gasteiger partial charge is 0.392 e. The SMILES string of the molecule is CC1(C)[C@@H](O)C[C@H]1Nc1nc(NCCc2ccncc2)ncc1C#N.[HH]. The van der Waals surface area contributed by atoms with Gasteiger partial charge in [0.1, 0.15) is 17.5 Å². The zero-order valence-electron chi connectivity index (χ0n) is 14.4. The number of anilines is 2. The lowest BCUT2D eigenvalue weighted by molar-refractivity contribution is -0.0511. The number of nitrogens with zero attached hydrogens (tertiary/aromatic N) is 4. The molecular weight excluding hydrogens is 316 g/mol. The number of hydrogen-bond acceptors (Lipinski definition) is 7. The van der Waals surface area contributed by atoms with Gasteiger partial charge in [-0.3, -0.25) is 4.98 Å². The number of nitrogens with one attached hydrogen (secondary N) is 2. The van der Waals surface area contributed by atoms with Crippen molar-refractivity contribution in [2.45, 2.75) is 38.8 Å². The van der Waals surface area contributed by atoms with Crippen molar-refractivity contribution in [1.82, 2.24) is 15.0 Å². The van der Waals surface area contributed by atoms with Gasteiger partial charge in [-0.15, -0.1) is 0 Å². The zero-order chi connectivity index (χ0) is 17.9. The molecule has 2 aromatic heterocycles. The molecule has 1 aliphatic rings. The second-order valence-electron chi connectivity index (χ2n) is 6.87. The van der Waals surface area contributed by atoms with Crippen LogP contribution in [0.15, 0.2) is 30.7 Å². The van der Waals surface area contributed by atoms with Crippen LogP contribution in [-0.4, -0.2) is 38.7 Å². The van der Waals surface area contributed by atoms with Crippen molar-refractivity contribution in [3.63, 3.8) is 0 Å². The molecule has 7 nitrogen and oxygen atoms in total. The van der Waals surface area contributed by atoms with Gasteiger partial charge in [0.25, 0.3) is 0 Å². The molecule has 0 aliphatic heterocycles. The monoisotopic (exact) mass is 340 g/mol. The normalized spacial score (nSPS) is 21.0. The first kappa shape index (κ1) is 17.1. The fraction of sp³-hybridized carbons (Fsp3) is 0.444. The van der Waals surface area contributed by atoms with Crippen LogP contribution >= 0.6 is 0 Å². The Kier molecular flexibility index (Phi) is 4.81. The molecule has 0 saturated heterocycles. The quantitative estimate of drug-likeness (QED) is 0.740. The van der Waals surface area contributed by atoms with Gasteiger partial charge in [0, 0.05) is 31.8 Å². The highest BCUT2D eigenvalue weighted by Crippen LogP contribution is 2.42. The van der Waals surface area contributed by atoms with Crippen molar-refractivity contribution >= 4 is 11.8 Å². The topological polar surface area (TPSA) is 107 Å². The van der Waals surface area contributed by atoms with Crippen molar-refractivity contribution in [2.75, 3.05) is 17.2 Å². The molecule has 132 valence electrons. The Morgan fingerprint density at radius 2 is 2.16 bits per heavy atom. The lowest BCUT2D eigenvalue weighted by Gasteiger charge is -2.49. The molecule has 2 heterocycles. The van der Waals surface area contributed by atoms with Gasteiger partial charge in [0.2, 0.25) is 5.95 Å². The van der Waals surface area contributed by atoms with E-state index in [1.165, 1.54) is 11.8 Å². The smallest absolute Gasteiger partial charge is 0.224 e. The van der Waals surface area contributed by atoms with Gasteiger partial charge in [0.15, 0.2) is 0 Å². The van der Waals surface area contributed by atoms with Crippen molar-refractivity contribution < 1.29 is 6.53 Å². The molecule has 3 rings (SSSR count). The Hall–Kier alpha value is -2.72. The molecule has 3 N–H and O–H groups in total. The summed E-state index contributed by atoms with van der Waals surface area (Å²) in [5.74, 6) is 0.988. The average molecular weight is 340 g/mol. The lowest BCUT2D eigenvalue weighted by atomic mass is 9.64. The Morgan fingerprint density at radius 3 is 2.80 bits per heavy atom. The first-order valence-electron chi connectivity index (χ1n) is 8.35. The Morgan fingerprint density at radius 1 is 1.40 bits per heavy atom. The molecule has 0 radical (unpaired) electrons. The molecule has 0 amide bonds. The number of hydrogen-bond donors (Lipinski definition) is 3. The van der Waals surface area contributed by atoms with Crippen molar-refractivity contribution in [1.29, 1.82) is 5.26 Å². The Bertz CT molecular complexity index is 777. The minimum absolute atomic E-state index is 0. The fourth-order valence-electron chi connectivity index (χ4n) is 2.84. The van der Waals surface area contributed by atoms with E-state index in [9.17, 15) is 10.4 Å². The first-order valence-corrected chi connectivity index (χ1v) is 8.35. The van der Waals surface area contributed by atoms with Crippen LogP contribution in [-0.2, 0) is 6.42 Å². The van der Waals surface area contributed by atoms with Gasteiger partial charge in [-0.05, 0) is 30.5 Å². The molecule has 7 heteroatoms. The Labute approximate surface area is 148 Å². The maximum atomic E-state index is 9.88. The summed E-state index contributed by atoms with van der Waals surface area (Å²) in [6.45, 7) is 4.68. The van der Waals surface area contributed by atoms with E-state index in [2.05, 4.69) is 31.7 Å². The summed E-state index contributed by atoms with van der Waals surface area (Å²) in [7, 11) is 0. The van der Waals surface area contributed by atoms with E-state index in [4.69, 9.17) is 0 Å². The maximum absolute atomic E-state index is 9.88. The van der Waals surface area contributed by atoms with E-state index in [1.807, 2.05) is 26.0 Å². The van der Waals surface area contributed by atoms with Crippen molar-refractivity contribution in [3.05, 3.63) is 41.9 Å². The van der Waals surface area contributed by atoms with Crippen LogP contribution in [0.2, 0.25) is 0 Å². The second kappa shape index (κ2) is 7.03. The average Bonchev–Trinajstić information content (AvgIpc) is 2.62. The zero-order valence-corrected chi connectivity index (χ0v) is 14.4. The first-order chi connectivity index (χ1) is 12.0. The minimum atomic E-state index is -0.338. The third kappa shape index (κ3) is 3.69. The van der Waals surface area contributed by atoms with Crippen molar-refractivity contribution in [2.24, 2.45) is 5.41 Å². The summed E-state index contributed by atoms with van der Waals surface area (Å²) in [5.41, 5.74) is 1.34. The summed E-state index contributed by atoms with van der Waals surface area (Å²) in [6.07, 6.45) is 6.19. The summed E-state index contributed by atoms with van der Waals surface area (Å²) < 4.78 is 0. The third-order valence-corrected chi connectivity index (χ3v) is 4.88. The van der Waals surface area contributed by atoms with Crippen molar-refractivity contribution in [3.8, 4) is 6.07 Å². The van der Waals surface area contributed by atoms with Gasteiger partial charge in [-0.25, -0.2) is 4.98 Å².